The molecule has 4 heteroatoms. The van der Waals surface area contributed by atoms with Crippen LogP contribution in [0.2, 0.25) is 0 Å². The average molecular weight is 207 g/mol. The Morgan fingerprint density at radius 2 is 2.20 bits per heavy atom. The van der Waals surface area contributed by atoms with Gasteiger partial charge in [0.05, 0.1) is 12.7 Å². The van der Waals surface area contributed by atoms with Crippen molar-refractivity contribution in [1.82, 2.24) is 0 Å². The van der Waals surface area contributed by atoms with Crippen molar-refractivity contribution in [1.29, 1.82) is 0 Å². The molecule has 0 atom stereocenters. The van der Waals surface area contributed by atoms with Crippen molar-refractivity contribution in [2.24, 2.45) is 5.73 Å². The summed E-state index contributed by atoms with van der Waals surface area (Å²) >= 11 is 0. The van der Waals surface area contributed by atoms with E-state index in [4.69, 9.17) is 10.5 Å². The number of aromatic hydroxyl groups is 1. The third-order valence-corrected chi connectivity index (χ3v) is 2.00. The highest BCUT2D eigenvalue weighted by atomic mass is 16.5. The first kappa shape index (κ1) is 11.1. The molecule has 0 heterocycles. The minimum absolute atomic E-state index is 0.0585. The summed E-state index contributed by atoms with van der Waals surface area (Å²) in [5.41, 5.74) is 6.22. The molecule has 0 fully saturated rings. The third kappa shape index (κ3) is 2.10. The standard InChI is InChI=1S/C11H13NO3/c1-7(13)10-8(5-6-12)3-4-9(14)11(10)15-2/h3-6,14H,12H2,1-2H3/b6-5+. The number of carbonyl (C=O) groups excluding carboxylic acids is 1. The summed E-state index contributed by atoms with van der Waals surface area (Å²) in [4.78, 5) is 11.4. The summed E-state index contributed by atoms with van der Waals surface area (Å²) in [5, 5.41) is 9.50. The van der Waals surface area contributed by atoms with Gasteiger partial charge in [-0.1, -0.05) is 6.07 Å². The van der Waals surface area contributed by atoms with Gasteiger partial charge < -0.3 is 15.6 Å². The number of nitrogens with two attached hydrogens (primary N) is 1. The second-order valence-corrected chi connectivity index (χ2v) is 3.00. The number of carbonyl (C=O) groups is 1. The normalized spacial score (nSPS) is 10.5. The van der Waals surface area contributed by atoms with Gasteiger partial charge in [0.25, 0.3) is 0 Å². The number of rotatable bonds is 3. The van der Waals surface area contributed by atoms with Crippen LogP contribution in [0.1, 0.15) is 22.8 Å². The van der Waals surface area contributed by atoms with E-state index in [2.05, 4.69) is 0 Å². The lowest BCUT2D eigenvalue weighted by Crippen LogP contribution is -2.01. The molecule has 0 aliphatic heterocycles. The predicted octanol–water partition coefficient (Wildman–Crippen LogP) is 1.53. The largest absolute Gasteiger partial charge is 0.504 e. The lowest BCUT2D eigenvalue weighted by atomic mass is 10.0. The van der Waals surface area contributed by atoms with Crippen LogP contribution in [0.15, 0.2) is 18.3 Å². The van der Waals surface area contributed by atoms with Gasteiger partial charge in [0.1, 0.15) is 0 Å². The summed E-state index contributed by atoms with van der Waals surface area (Å²) in [7, 11) is 1.40. The van der Waals surface area contributed by atoms with E-state index in [0.717, 1.165) is 0 Å². The molecule has 15 heavy (non-hydrogen) atoms. The quantitative estimate of drug-likeness (QED) is 0.737. The average Bonchev–Trinajstić information content (AvgIpc) is 2.20. The van der Waals surface area contributed by atoms with E-state index in [1.807, 2.05) is 0 Å². The summed E-state index contributed by atoms with van der Waals surface area (Å²) in [6.45, 7) is 1.41. The second kappa shape index (κ2) is 4.50. The van der Waals surface area contributed by atoms with Crippen LogP contribution in [0, 0.1) is 0 Å². The SMILES string of the molecule is COc1c(O)ccc(/C=C/N)c1C(C)=O. The van der Waals surface area contributed by atoms with Crippen LogP contribution in [0.3, 0.4) is 0 Å². The molecule has 0 saturated carbocycles. The van der Waals surface area contributed by atoms with E-state index >= 15 is 0 Å². The van der Waals surface area contributed by atoms with Crippen molar-refractivity contribution in [2.45, 2.75) is 6.92 Å². The summed E-state index contributed by atoms with van der Waals surface area (Å²) in [6, 6.07) is 3.07. The minimum Gasteiger partial charge on any atom is -0.504 e. The fourth-order valence-electron chi connectivity index (χ4n) is 1.40. The zero-order valence-electron chi connectivity index (χ0n) is 8.65. The highest BCUT2D eigenvalue weighted by molar-refractivity contribution is 6.01. The van der Waals surface area contributed by atoms with Crippen molar-refractivity contribution in [2.75, 3.05) is 7.11 Å². The number of benzene rings is 1. The van der Waals surface area contributed by atoms with Crippen LogP contribution in [-0.2, 0) is 0 Å². The number of Topliss-reactive ketones (excluding diaryl/α,β-unsaturated/α-hetero) is 1. The lowest BCUT2D eigenvalue weighted by molar-refractivity contribution is 0.101. The predicted molar refractivity (Wildman–Crippen MR) is 57.9 cm³/mol. The number of hydrogen-bond acceptors (Lipinski definition) is 4. The smallest absolute Gasteiger partial charge is 0.171 e. The van der Waals surface area contributed by atoms with Gasteiger partial charge in [-0.3, -0.25) is 4.79 Å². The molecule has 0 amide bonds. The first-order valence-electron chi connectivity index (χ1n) is 4.41. The number of phenols is 1. The third-order valence-electron chi connectivity index (χ3n) is 2.00. The molecule has 0 aliphatic carbocycles. The molecule has 80 valence electrons. The van der Waals surface area contributed by atoms with Gasteiger partial charge in [-0.05, 0) is 30.8 Å². The van der Waals surface area contributed by atoms with E-state index in [1.165, 1.54) is 26.3 Å². The lowest BCUT2D eigenvalue weighted by Gasteiger charge is -2.10. The maximum Gasteiger partial charge on any atom is 0.171 e. The van der Waals surface area contributed by atoms with Crippen LogP contribution in [0.5, 0.6) is 11.5 Å². The molecular weight excluding hydrogens is 194 g/mol. The molecule has 1 aromatic carbocycles. The van der Waals surface area contributed by atoms with Crippen molar-refractivity contribution in [3.8, 4) is 11.5 Å². The van der Waals surface area contributed by atoms with E-state index in [-0.39, 0.29) is 17.3 Å². The molecule has 3 N–H and O–H groups in total. The fourth-order valence-corrected chi connectivity index (χ4v) is 1.40. The summed E-state index contributed by atoms with van der Waals surface area (Å²) < 4.78 is 4.98. The highest BCUT2D eigenvalue weighted by Crippen LogP contribution is 2.33. The first-order chi connectivity index (χ1) is 7.11. The van der Waals surface area contributed by atoms with E-state index < -0.39 is 0 Å². The Labute approximate surface area is 88.0 Å². The van der Waals surface area contributed by atoms with Crippen molar-refractivity contribution < 1.29 is 14.6 Å². The van der Waals surface area contributed by atoms with E-state index in [1.54, 1.807) is 12.1 Å². The maximum atomic E-state index is 11.4. The molecular formula is C11H13NO3. The Morgan fingerprint density at radius 1 is 1.53 bits per heavy atom. The van der Waals surface area contributed by atoms with E-state index in [9.17, 15) is 9.90 Å². The van der Waals surface area contributed by atoms with Gasteiger partial charge in [-0.2, -0.15) is 0 Å². The Balaban J connectivity index is 3.48. The highest BCUT2D eigenvalue weighted by Gasteiger charge is 2.15. The Hall–Kier alpha value is -1.97. The van der Waals surface area contributed by atoms with Gasteiger partial charge in [-0.15, -0.1) is 0 Å². The summed E-state index contributed by atoms with van der Waals surface area (Å²) in [5.74, 6) is -0.0641. The molecule has 1 aromatic rings. The Kier molecular flexibility index (Phi) is 3.33. The van der Waals surface area contributed by atoms with Crippen molar-refractivity contribution in [3.63, 3.8) is 0 Å². The number of hydrogen-bond donors (Lipinski definition) is 2. The fraction of sp³-hybridized carbons (Fsp3) is 0.182. The van der Waals surface area contributed by atoms with Gasteiger partial charge in [0, 0.05) is 0 Å². The molecule has 4 nitrogen and oxygen atoms in total. The molecule has 0 aliphatic rings. The molecule has 0 spiro atoms. The molecule has 0 saturated heterocycles. The summed E-state index contributed by atoms with van der Waals surface area (Å²) in [6.07, 6.45) is 2.91. The Bertz CT molecular complexity index is 411. The first-order valence-corrected chi connectivity index (χ1v) is 4.41. The van der Waals surface area contributed by atoms with Crippen molar-refractivity contribution in [3.05, 3.63) is 29.5 Å². The molecule has 0 radical (unpaired) electrons. The zero-order chi connectivity index (χ0) is 11.4. The monoisotopic (exact) mass is 207 g/mol. The topological polar surface area (TPSA) is 72.6 Å². The molecule has 0 unspecified atom stereocenters. The maximum absolute atomic E-state index is 11.4. The minimum atomic E-state index is -0.184. The molecule has 0 bridgehead atoms. The zero-order valence-corrected chi connectivity index (χ0v) is 8.65. The van der Waals surface area contributed by atoms with Gasteiger partial charge in [-0.25, -0.2) is 0 Å². The molecule has 1 rings (SSSR count). The van der Waals surface area contributed by atoms with Gasteiger partial charge in [0.15, 0.2) is 17.3 Å². The second-order valence-electron chi connectivity index (χ2n) is 3.00. The van der Waals surface area contributed by atoms with Crippen LogP contribution in [-0.4, -0.2) is 18.0 Å². The van der Waals surface area contributed by atoms with Crippen LogP contribution in [0.25, 0.3) is 6.08 Å². The van der Waals surface area contributed by atoms with Gasteiger partial charge >= 0.3 is 0 Å². The Morgan fingerprint density at radius 3 is 2.67 bits per heavy atom. The molecule has 0 aromatic heterocycles. The van der Waals surface area contributed by atoms with Gasteiger partial charge in [0.2, 0.25) is 0 Å². The van der Waals surface area contributed by atoms with Crippen LogP contribution >= 0.6 is 0 Å². The van der Waals surface area contributed by atoms with E-state index in [0.29, 0.717) is 11.1 Å². The van der Waals surface area contributed by atoms with Crippen LogP contribution < -0.4 is 10.5 Å². The number of methoxy groups -OCH3 is 1. The number of ether oxygens (including phenoxy) is 1. The number of ketones is 1. The van der Waals surface area contributed by atoms with Crippen molar-refractivity contribution >= 4 is 11.9 Å². The number of phenolic OH excluding ortho intramolecular Hbond substituents is 1. The van der Waals surface area contributed by atoms with Crippen LogP contribution in [0.4, 0.5) is 0 Å².